The monoisotopic (exact) mass is 280 g/mol. The first-order chi connectivity index (χ1) is 9.26. The quantitative estimate of drug-likeness (QED) is 0.889. The predicted octanol–water partition coefficient (Wildman–Crippen LogP) is 2.25. The van der Waals surface area contributed by atoms with Gasteiger partial charge in [-0.3, -0.25) is 0 Å². The van der Waals surface area contributed by atoms with Gasteiger partial charge in [0.1, 0.15) is 0 Å². The number of rotatable bonds is 4. The van der Waals surface area contributed by atoms with Crippen molar-refractivity contribution < 1.29 is 9.90 Å². The number of thioether (sulfide) groups is 1. The molecular formula is C14H20N2O2S. The zero-order valence-corrected chi connectivity index (χ0v) is 11.9. The number of nitrogens with one attached hydrogen (secondary N) is 1. The molecule has 19 heavy (non-hydrogen) atoms. The first kappa shape index (κ1) is 14.2. The van der Waals surface area contributed by atoms with E-state index in [2.05, 4.69) is 17.4 Å². The second-order valence-electron chi connectivity index (χ2n) is 4.48. The average Bonchev–Trinajstić information content (AvgIpc) is 2.45. The molecular weight excluding hydrogens is 260 g/mol. The van der Waals surface area contributed by atoms with Crippen LogP contribution in [0.15, 0.2) is 29.2 Å². The van der Waals surface area contributed by atoms with Crippen LogP contribution in [0.5, 0.6) is 0 Å². The second-order valence-corrected chi connectivity index (χ2v) is 5.62. The van der Waals surface area contributed by atoms with E-state index in [-0.39, 0.29) is 18.7 Å². The lowest BCUT2D eigenvalue weighted by molar-refractivity contribution is 0.176. The molecule has 0 radical (unpaired) electrons. The highest BCUT2D eigenvalue weighted by molar-refractivity contribution is 7.99. The van der Waals surface area contributed by atoms with Crippen LogP contribution in [0, 0.1) is 0 Å². The summed E-state index contributed by atoms with van der Waals surface area (Å²) in [5, 5.41) is 12.0. The molecule has 1 aliphatic rings. The molecule has 0 unspecified atom stereocenters. The number of aliphatic hydroxyl groups is 1. The van der Waals surface area contributed by atoms with Crippen molar-refractivity contribution in [3.63, 3.8) is 0 Å². The van der Waals surface area contributed by atoms with Gasteiger partial charge in [0.15, 0.2) is 0 Å². The number of likely N-dealkylation sites (N-methyl/N-ethyl adjacent to an activating group) is 1. The van der Waals surface area contributed by atoms with Gasteiger partial charge in [-0.1, -0.05) is 18.2 Å². The van der Waals surface area contributed by atoms with Gasteiger partial charge in [0, 0.05) is 23.7 Å². The van der Waals surface area contributed by atoms with Gasteiger partial charge >= 0.3 is 6.03 Å². The maximum Gasteiger partial charge on any atom is 0.317 e. The predicted molar refractivity (Wildman–Crippen MR) is 77.4 cm³/mol. The zero-order chi connectivity index (χ0) is 13.7. The van der Waals surface area contributed by atoms with Crippen LogP contribution in [-0.4, -0.2) is 41.5 Å². The van der Waals surface area contributed by atoms with E-state index in [1.54, 1.807) is 4.90 Å². The van der Waals surface area contributed by atoms with Crippen molar-refractivity contribution in [3.8, 4) is 0 Å². The Morgan fingerprint density at radius 3 is 3.05 bits per heavy atom. The fourth-order valence-electron chi connectivity index (χ4n) is 2.26. The molecule has 0 aromatic heterocycles. The van der Waals surface area contributed by atoms with E-state index in [0.717, 1.165) is 12.2 Å². The SMILES string of the molecule is CCN(CCO)C(=O)N[C@@H]1CCSc2ccccc21. The molecule has 2 N–H and O–H groups in total. The first-order valence-corrected chi connectivity index (χ1v) is 7.62. The van der Waals surface area contributed by atoms with Gasteiger partial charge in [-0.25, -0.2) is 4.79 Å². The number of aliphatic hydroxyl groups excluding tert-OH is 1. The van der Waals surface area contributed by atoms with Crippen molar-refractivity contribution >= 4 is 17.8 Å². The Kier molecular flexibility index (Phi) is 5.10. The van der Waals surface area contributed by atoms with Crippen molar-refractivity contribution in [2.45, 2.75) is 24.3 Å². The molecule has 1 atom stereocenters. The fraction of sp³-hybridized carbons (Fsp3) is 0.500. The summed E-state index contributed by atoms with van der Waals surface area (Å²) >= 11 is 1.84. The van der Waals surface area contributed by atoms with Gasteiger partial charge in [-0.2, -0.15) is 0 Å². The molecule has 0 spiro atoms. The number of hydrogen-bond acceptors (Lipinski definition) is 3. The van der Waals surface area contributed by atoms with Crippen LogP contribution in [0.25, 0.3) is 0 Å². The molecule has 0 saturated heterocycles. The third-order valence-corrected chi connectivity index (χ3v) is 4.42. The fourth-order valence-corrected chi connectivity index (χ4v) is 3.38. The van der Waals surface area contributed by atoms with Crippen molar-refractivity contribution in [3.05, 3.63) is 29.8 Å². The van der Waals surface area contributed by atoms with Crippen LogP contribution in [0.3, 0.4) is 0 Å². The standard InChI is InChI=1S/C14H20N2O2S/c1-2-16(8-9-17)14(18)15-12-7-10-19-13-6-4-3-5-11(12)13/h3-6,12,17H,2,7-10H2,1H3,(H,15,18)/t12-/m1/s1. The Morgan fingerprint density at radius 2 is 2.32 bits per heavy atom. The van der Waals surface area contributed by atoms with Gasteiger partial charge < -0.3 is 15.3 Å². The Labute approximate surface area is 118 Å². The van der Waals surface area contributed by atoms with E-state index < -0.39 is 0 Å². The van der Waals surface area contributed by atoms with Crippen LogP contribution in [-0.2, 0) is 0 Å². The molecule has 0 aliphatic carbocycles. The zero-order valence-electron chi connectivity index (χ0n) is 11.1. The summed E-state index contributed by atoms with van der Waals surface area (Å²) in [5.41, 5.74) is 1.20. The molecule has 1 aromatic rings. The van der Waals surface area contributed by atoms with Gasteiger partial charge in [0.2, 0.25) is 0 Å². The van der Waals surface area contributed by atoms with Gasteiger partial charge in [-0.15, -0.1) is 11.8 Å². The number of benzene rings is 1. The molecule has 104 valence electrons. The molecule has 1 heterocycles. The number of amides is 2. The van der Waals surface area contributed by atoms with E-state index in [0.29, 0.717) is 13.1 Å². The maximum absolute atomic E-state index is 12.1. The average molecular weight is 280 g/mol. The third kappa shape index (κ3) is 3.42. The lowest BCUT2D eigenvalue weighted by Gasteiger charge is -2.29. The highest BCUT2D eigenvalue weighted by atomic mass is 32.2. The minimum Gasteiger partial charge on any atom is -0.395 e. The normalized spacial score (nSPS) is 17.7. The van der Waals surface area contributed by atoms with Gasteiger partial charge in [0.05, 0.1) is 12.6 Å². The third-order valence-electron chi connectivity index (χ3n) is 3.30. The van der Waals surface area contributed by atoms with Crippen molar-refractivity contribution in [1.82, 2.24) is 10.2 Å². The van der Waals surface area contributed by atoms with E-state index in [1.807, 2.05) is 30.8 Å². The number of urea groups is 1. The Morgan fingerprint density at radius 1 is 1.53 bits per heavy atom. The number of carbonyl (C=O) groups excluding carboxylic acids is 1. The molecule has 2 amide bonds. The molecule has 1 aromatic carbocycles. The summed E-state index contributed by atoms with van der Waals surface area (Å²) in [4.78, 5) is 15.0. The number of hydrogen-bond donors (Lipinski definition) is 2. The first-order valence-electron chi connectivity index (χ1n) is 6.64. The molecule has 4 nitrogen and oxygen atoms in total. The smallest absolute Gasteiger partial charge is 0.317 e. The second kappa shape index (κ2) is 6.82. The van der Waals surface area contributed by atoms with Crippen LogP contribution in [0.2, 0.25) is 0 Å². The minimum atomic E-state index is -0.0942. The van der Waals surface area contributed by atoms with E-state index >= 15 is 0 Å². The largest absolute Gasteiger partial charge is 0.395 e. The van der Waals surface area contributed by atoms with E-state index in [4.69, 9.17) is 5.11 Å². The summed E-state index contributed by atoms with van der Waals surface area (Å²) in [7, 11) is 0. The van der Waals surface area contributed by atoms with Crippen molar-refractivity contribution in [2.24, 2.45) is 0 Å². The van der Waals surface area contributed by atoms with E-state index in [1.165, 1.54) is 10.5 Å². The van der Waals surface area contributed by atoms with Crippen LogP contribution in [0.1, 0.15) is 24.9 Å². The summed E-state index contributed by atoms with van der Waals surface area (Å²) < 4.78 is 0. The number of carbonyl (C=O) groups is 1. The summed E-state index contributed by atoms with van der Waals surface area (Å²) in [6.45, 7) is 2.90. The summed E-state index contributed by atoms with van der Waals surface area (Å²) in [6.07, 6.45) is 0.949. The minimum absolute atomic E-state index is 0.00162. The van der Waals surface area contributed by atoms with Crippen LogP contribution in [0.4, 0.5) is 4.79 Å². The van der Waals surface area contributed by atoms with E-state index in [9.17, 15) is 4.79 Å². The molecule has 0 saturated carbocycles. The van der Waals surface area contributed by atoms with Crippen LogP contribution >= 0.6 is 11.8 Å². The van der Waals surface area contributed by atoms with Gasteiger partial charge in [0.25, 0.3) is 0 Å². The van der Waals surface area contributed by atoms with Crippen molar-refractivity contribution in [2.75, 3.05) is 25.4 Å². The highest BCUT2D eigenvalue weighted by Gasteiger charge is 2.23. The molecule has 0 fully saturated rings. The lowest BCUT2D eigenvalue weighted by Crippen LogP contribution is -2.43. The summed E-state index contributed by atoms with van der Waals surface area (Å²) in [5.74, 6) is 1.02. The lowest BCUT2D eigenvalue weighted by atomic mass is 10.0. The van der Waals surface area contributed by atoms with Crippen LogP contribution < -0.4 is 5.32 Å². The maximum atomic E-state index is 12.1. The summed E-state index contributed by atoms with van der Waals surface area (Å²) in [6, 6.07) is 8.20. The number of nitrogens with zero attached hydrogens (tertiary/aromatic N) is 1. The molecule has 5 heteroatoms. The van der Waals surface area contributed by atoms with Gasteiger partial charge in [-0.05, 0) is 25.0 Å². The van der Waals surface area contributed by atoms with Crippen molar-refractivity contribution in [1.29, 1.82) is 0 Å². The number of fused-ring (bicyclic) bond motifs is 1. The molecule has 2 rings (SSSR count). The highest BCUT2D eigenvalue weighted by Crippen LogP contribution is 2.35. The Bertz CT molecular complexity index is 439. The molecule has 1 aliphatic heterocycles. The Balaban J connectivity index is 2.06. The molecule has 0 bridgehead atoms. The topological polar surface area (TPSA) is 52.6 Å². The Hall–Kier alpha value is -1.20.